The van der Waals surface area contributed by atoms with Crippen LogP contribution in [0, 0.1) is 0 Å². The van der Waals surface area contributed by atoms with Crippen molar-refractivity contribution in [3.63, 3.8) is 0 Å². The van der Waals surface area contributed by atoms with Crippen LogP contribution < -0.4 is 5.32 Å². The van der Waals surface area contributed by atoms with Crippen LogP contribution in [0.3, 0.4) is 0 Å². The zero-order valence-corrected chi connectivity index (χ0v) is 21.1. The number of hydrogen-bond donors (Lipinski definition) is 1. The number of methoxy groups -OCH3 is 1. The molecule has 182 valence electrons. The van der Waals surface area contributed by atoms with E-state index in [0.717, 1.165) is 55.5 Å². The minimum Gasteiger partial charge on any atom is -0.383 e. The Hall–Kier alpha value is -2.71. The molecule has 1 N–H and O–H groups in total. The summed E-state index contributed by atoms with van der Waals surface area (Å²) >= 11 is 1.73. The van der Waals surface area contributed by atoms with E-state index >= 15 is 0 Å². The van der Waals surface area contributed by atoms with E-state index < -0.39 is 0 Å². The van der Waals surface area contributed by atoms with Gasteiger partial charge in [-0.05, 0) is 55.3 Å². The smallest absolute Gasteiger partial charge is 0.251 e. The van der Waals surface area contributed by atoms with Gasteiger partial charge in [0.1, 0.15) is 5.82 Å². The van der Waals surface area contributed by atoms with Gasteiger partial charge in [-0.1, -0.05) is 19.9 Å². The van der Waals surface area contributed by atoms with Crippen molar-refractivity contribution >= 4 is 34.2 Å². The molecule has 1 aromatic carbocycles. The highest BCUT2D eigenvalue weighted by Crippen LogP contribution is 2.28. The van der Waals surface area contributed by atoms with Gasteiger partial charge in [-0.2, -0.15) is 0 Å². The van der Waals surface area contributed by atoms with Crippen LogP contribution >= 0.6 is 11.3 Å². The quantitative estimate of drug-likeness (QED) is 0.464. The minimum atomic E-state index is -0.255. The van der Waals surface area contributed by atoms with Crippen molar-refractivity contribution in [2.75, 3.05) is 26.8 Å². The molecule has 0 aliphatic carbocycles. The van der Waals surface area contributed by atoms with Gasteiger partial charge in [0.25, 0.3) is 5.91 Å². The average molecular weight is 483 g/mol. The van der Waals surface area contributed by atoms with Crippen LogP contribution in [0.2, 0.25) is 0 Å². The molecule has 7 nitrogen and oxygen atoms in total. The monoisotopic (exact) mass is 482 g/mol. The van der Waals surface area contributed by atoms with Crippen LogP contribution in [-0.4, -0.2) is 59.1 Å². The molecule has 1 atom stereocenters. The maximum atomic E-state index is 12.9. The van der Waals surface area contributed by atoms with Gasteiger partial charge >= 0.3 is 0 Å². The summed E-state index contributed by atoms with van der Waals surface area (Å²) in [6.07, 6.45) is 4.72. The molecular weight excluding hydrogens is 448 g/mol. The van der Waals surface area contributed by atoms with Crippen molar-refractivity contribution in [2.45, 2.75) is 58.0 Å². The summed E-state index contributed by atoms with van der Waals surface area (Å²) in [6, 6.07) is 10.3. The first-order chi connectivity index (χ1) is 16.5. The topological polar surface area (TPSA) is 76.5 Å². The highest BCUT2D eigenvalue weighted by Gasteiger charge is 2.28. The number of thiophene rings is 1. The molecule has 2 aromatic heterocycles. The summed E-state index contributed by atoms with van der Waals surface area (Å²) in [5.74, 6) is 0.706. The second-order valence-electron chi connectivity index (χ2n) is 8.85. The number of benzene rings is 1. The fraction of sp³-hybridized carbons (Fsp3) is 0.500. The Balaban J connectivity index is 1.52. The van der Waals surface area contributed by atoms with Gasteiger partial charge in [0.15, 0.2) is 0 Å². The molecule has 0 spiro atoms. The number of imidazole rings is 1. The lowest BCUT2D eigenvalue weighted by Gasteiger charge is -2.24. The zero-order chi connectivity index (χ0) is 24.1. The summed E-state index contributed by atoms with van der Waals surface area (Å²) < 4.78 is 7.57. The number of carbonyl (C=O) groups excluding carboxylic acids is 2. The first-order valence-corrected chi connectivity index (χ1v) is 13.0. The lowest BCUT2D eigenvalue weighted by Crippen LogP contribution is -2.44. The Bertz CT molecular complexity index is 1120. The van der Waals surface area contributed by atoms with Crippen molar-refractivity contribution in [2.24, 2.45) is 0 Å². The summed E-state index contributed by atoms with van der Waals surface area (Å²) in [5, 5.41) is 4.89. The van der Waals surface area contributed by atoms with Crippen LogP contribution in [0.1, 0.15) is 66.6 Å². The van der Waals surface area contributed by atoms with Gasteiger partial charge in [0, 0.05) is 36.6 Å². The maximum absolute atomic E-state index is 12.9. The van der Waals surface area contributed by atoms with Crippen molar-refractivity contribution in [3.05, 3.63) is 52.0 Å². The summed E-state index contributed by atoms with van der Waals surface area (Å²) in [5.41, 5.74) is 2.39. The summed E-state index contributed by atoms with van der Waals surface area (Å²) in [4.78, 5) is 33.6. The lowest BCUT2D eigenvalue weighted by atomic mass is 10.1. The van der Waals surface area contributed by atoms with Crippen LogP contribution in [-0.2, 0) is 16.0 Å². The molecule has 0 bridgehead atoms. The third-order valence-corrected chi connectivity index (χ3v) is 7.58. The van der Waals surface area contributed by atoms with Gasteiger partial charge in [-0.25, -0.2) is 4.98 Å². The highest BCUT2D eigenvalue weighted by molar-refractivity contribution is 7.09. The molecule has 0 radical (unpaired) electrons. The first-order valence-electron chi connectivity index (χ1n) is 12.2. The fourth-order valence-corrected chi connectivity index (χ4v) is 5.64. The van der Waals surface area contributed by atoms with E-state index in [1.807, 2.05) is 23.1 Å². The third kappa shape index (κ3) is 5.18. The molecular formula is C26H34N4O3S. The molecule has 1 aliphatic heterocycles. The van der Waals surface area contributed by atoms with Gasteiger partial charge in [-0.15, -0.1) is 11.3 Å². The van der Waals surface area contributed by atoms with Crippen molar-refractivity contribution < 1.29 is 14.3 Å². The molecule has 8 heteroatoms. The fourth-order valence-electron chi connectivity index (χ4n) is 4.93. The molecule has 1 saturated heterocycles. The minimum absolute atomic E-state index is 0.0110. The molecule has 1 fully saturated rings. The molecule has 1 unspecified atom stereocenters. The van der Waals surface area contributed by atoms with Crippen molar-refractivity contribution in [3.8, 4) is 0 Å². The molecule has 1 aliphatic rings. The number of carbonyl (C=O) groups is 2. The van der Waals surface area contributed by atoms with Crippen LogP contribution in [0.15, 0.2) is 35.7 Å². The standard InChI is InChI=1S/C26H34N4O3S/c1-4-19(5-2)30-23-11-10-18(14-22(23)28-24(30)15-21-9-7-13-34-21)26(32)27-16-25(31)29-12-6-8-20(29)17-33-3/h7,9-11,13-14,19-20H,4-6,8,12,15-17H2,1-3H3,(H,27,32). The second-order valence-corrected chi connectivity index (χ2v) is 9.88. The number of nitrogens with zero attached hydrogens (tertiary/aromatic N) is 3. The number of nitrogens with one attached hydrogen (secondary N) is 1. The van der Waals surface area contributed by atoms with Gasteiger partial charge in [0.2, 0.25) is 5.91 Å². The van der Waals surface area contributed by atoms with Gasteiger partial charge < -0.3 is 19.5 Å². The van der Waals surface area contributed by atoms with E-state index in [4.69, 9.17) is 9.72 Å². The predicted octanol–water partition coefficient (Wildman–Crippen LogP) is 4.42. The number of likely N-dealkylation sites (tertiary alicyclic amines) is 1. The van der Waals surface area contributed by atoms with E-state index in [1.165, 1.54) is 4.88 Å². The number of fused-ring (bicyclic) bond motifs is 1. The Morgan fingerprint density at radius 3 is 2.79 bits per heavy atom. The predicted molar refractivity (Wildman–Crippen MR) is 135 cm³/mol. The second kappa shape index (κ2) is 11.1. The number of hydrogen-bond acceptors (Lipinski definition) is 5. The van der Waals surface area contributed by atoms with E-state index in [1.54, 1.807) is 18.4 Å². The van der Waals surface area contributed by atoms with Crippen LogP contribution in [0.4, 0.5) is 0 Å². The Labute approximate surface area is 205 Å². The Kier molecular flexibility index (Phi) is 8.00. The molecule has 3 aromatic rings. The van der Waals surface area contributed by atoms with Gasteiger partial charge in [0.05, 0.1) is 30.2 Å². The lowest BCUT2D eigenvalue weighted by molar-refractivity contribution is -0.131. The molecule has 2 amide bonds. The molecule has 0 saturated carbocycles. The number of ether oxygens (including phenoxy) is 1. The number of aromatic nitrogens is 2. The number of amides is 2. The highest BCUT2D eigenvalue weighted by atomic mass is 32.1. The molecule has 3 heterocycles. The Morgan fingerprint density at radius 1 is 1.26 bits per heavy atom. The maximum Gasteiger partial charge on any atom is 0.251 e. The van der Waals surface area contributed by atoms with Crippen molar-refractivity contribution in [1.82, 2.24) is 19.8 Å². The first kappa shape index (κ1) is 24.4. The third-order valence-electron chi connectivity index (χ3n) is 6.70. The SMILES string of the molecule is CCC(CC)n1c(Cc2cccs2)nc2cc(C(=O)NCC(=O)N3CCCC3COC)ccc21. The van der Waals surface area contributed by atoms with Crippen molar-refractivity contribution in [1.29, 1.82) is 0 Å². The van der Waals surface area contributed by atoms with E-state index in [0.29, 0.717) is 18.2 Å². The van der Waals surface area contributed by atoms with Crippen LogP contribution in [0.5, 0.6) is 0 Å². The largest absolute Gasteiger partial charge is 0.383 e. The number of rotatable bonds is 10. The summed E-state index contributed by atoms with van der Waals surface area (Å²) in [7, 11) is 1.65. The molecule has 34 heavy (non-hydrogen) atoms. The van der Waals surface area contributed by atoms with Gasteiger partial charge in [-0.3, -0.25) is 9.59 Å². The van der Waals surface area contributed by atoms with E-state index in [9.17, 15) is 9.59 Å². The summed E-state index contributed by atoms with van der Waals surface area (Å²) in [6.45, 7) is 5.64. The Morgan fingerprint density at radius 2 is 2.09 bits per heavy atom. The zero-order valence-electron chi connectivity index (χ0n) is 20.3. The van der Waals surface area contributed by atoms with Crippen LogP contribution in [0.25, 0.3) is 11.0 Å². The average Bonchev–Trinajstić information content (AvgIpc) is 3.59. The normalized spacial score (nSPS) is 16.0. The van der Waals surface area contributed by atoms with E-state index in [-0.39, 0.29) is 24.4 Å². The van der Waals surface area contributed by atoms with E-state index in [2.05, 4.69) is 41.2 Å². The molecule has 4 rings (SSSR count).